The summed E-state index contributed by atoms with van der Waals surface area (Å²) in [5.41, 5.74) is 0.944. The highest BCUT2D eigenvalue weighted by Gasteiger charge is 1.95. The monoisotopic (exact) mass is 155 g/mol. The van der Waals surface area contributed by atoms with E-state index in [1.54, 1.807) is 6.07 Å². The molecule has 1 rings (SSSR count). The van der Waals surface area contributed by atoms with Gasteiger partial charge in [-0.15, -0.1) is 0 Å². The standard InChI is InChI=1S/C8H8ClO/c9-8-4-2-1-3-7(8)5-6-10/h1-4H,5-6H2. The van der Waals surface area contributed by atoms with Gasteiger partial charge in [0.15, 0.2) is 0 Å². The first-order chi connectivity index (χ1) is 4.84. The molecule has 0 bridgehead atoms. The minimum atomic E-state index is -0.0935. The van der Waals surface area contributed by atoms with Crippen LogP contribution < -0.4 is 0 Å². The minimum absolute atomic E-state index is 0.0935. The molecule has 10 heavy (non-hydrogen) atoms. The lowest BCUT2D eigenvalue weighted by Crippen LogP contribution is -1.88. The fourth-order valence-electron chi connectivity index (χ4n) is 0.811. The van der Waals surface area contributed by atoms with Crippen molar-refractivity contribution in [3.8, 4) is 0 Å². The number of halogens is 1. The van der Waals surface area contributed by atoms with Crippen molar-refractivity contribution >= 4 is 11.6 Å². The van der Waals surface area contributed by atoms with E-state index in [4.69, 9.17) is 11.6 Å². The highest BCUT2D eigenvalue weighted by Crippen LogP contribution is 2.14. The zero-order valence-electron chi connectivity index (χ0n) is 5.51. The first-order valence-electron chi connectivity index (χ1n) is 3.16. The Bertz CT molecular complexity index is 210. The summed E-state index contributed by atoms with van der Waals surface area (Å²) >= 11 is 5.76. The van der Waals surface area contributed by atoms with E-state index in [1.807, 2.05) is 18.2 Å². The molecule has 0 aromatic heterocycles. The maximum Gasteiger partial charge on any atom is 0.0863 e. The van der Waals surface area contributed by atoms with Crippen molar-refractivity contribution in [3.63, 3.8) is 0 Å². The van der Waals surface area contributed by atoms with Crippen molar-refractivity contribution in [1.29, 1.82) is 0 Å². The smallest absolute Gasteiger partial charge is 0.0863 e. The maximum atomic E-state index is 10.2. The zero-order chi connectivity index (χ0) is 7.40. The number of hydrogen-bond donors (Lipinski definition) is 0. The zero-order valence-corrected chi connectivity index (χ0v) is 6.27. The second-order valence-corrected chi connectivity index (χ2v) is 2.45. The van der Waals surface area contributed by atoms with Gasteiger partial charge in [0.05, 0.1) is 6.61 Å². The molecule has 0 spiro atoms. The summed E-state index contributed by atoms with van der Waals surface area (Å²) in [7, 11) is 0. The first kappa shape index (κ1) is 7.58. The molecular formula is C8H8ClO. The van der Waals surface area contributed by atoms with Crippen LogP contribution >= 0.6 is 11.6 Å². The Morgan fingerprint density at radius 1 is 1.30 bits per heavy atom. The van der Waals surface area contributed by atoms with Gasteiger partial charge in [0, 0.05) is 11.4 Å². The van der Waals surface area contributed by atoms with Crippen molar-refractivity contribution in [2.24, 2.45) is 0 Å². The Morgan fingerprint density at radius 3 is 2.60 bits per heavy atom. The Hall–Kier alpha value is -0.530. The van der Waals surface area contributed by atoms with Crippen LogP contribution in [0.2, 0.25) is 5.02 Å². The third kappa shape index (κ3) is 1.72. The molecule has 0 fully saturated rings. The van der Waals surface area contributed by atoms with E-state index in [-0.39, 0.29) is 6.61 Å². The van der Waals surface area contributed by atoms with Crippen molar-refractivity contribution in [1.82, 2.24) is 0 Å². The summed E-state index contributed by atoms with van der Waals surface area (Å²) in [5, 5.41) is 10.9. The third-order valence-electron chi connectivity index (χ3n) is 1.33. The Labute approximate surface area is 65.3 Å². The minimum Gasteiger partial charge on any atom is -0.236 e. The van der Waals surface area contributed by atoms with Gasteiger partial charge >= 0.3 is 0 Å². The van der Waals surface area contributed by atoms with Crippen molar-refractivity contribution < 1.29 is 5.11 Å². The molecule has 0 amide bonds. The van der Waals surface area contributed by atoms with E-state index in [0.717, 1.165) is 5.56 Å². The fraction of sp³-hybridized carbons (Fsp3) is 0.250. The summed E-state index contributed by atoms with van der Waals surface area (Å²) in [4.78, 5) is 0. The first-order valence-corrected chi connectivity index (χ1v) is 3.54. The lowest BCUT2D eigenvalue weighted by molar-refractivity contribution is 0.197. The Kier molecular flexibility index (Phi) is 2.72. The summed E-state index contributed by atoms with van der Waals surface area (Å²) in [6.45, 7) is -0.0935. The van der Waals surface area contributed by atoms with E-state index in [9.17, 15) is 5.11 Å². The van der Waals surface area contributed by atoms with Crippen molar-refractivity contribution in [2.75, 3.05) is 6.61 Å². The van der Waals surface area contributed by atoms with Gasteiger partial charge in [0.2, 0.25) is 0 Å². The van der Waals surface area contributed by atoms with E-state index in [2.05, 4.69) is 0 Å². The molecule has 1 aromatic carbocycles. The summed E-state index contributed by atoms with van der Waals surface area (Å²) in [5.74, 6) is 0. The van der Waals surface area contributed by atoms with Crippen LogP contribution in [0.25, 0.3) is 0 Å². The molecule has 1 radical (unpaired) electrons. The number of hydrogen-bond acceptors (Lipinski definition) is 0. The van der Waals surface area contributed by atoms with Crippen LogP contribution in [0.3, 0.4) is 0 Å². The van der Waals surface area contributed by atoms with Gasteiger partial charge in [-0.05, 0) is 11.6 Å². The average molecular weight is 156 g/mol. The Balaban J connectivity index is 2.81. The van der Waals surface area contributed by atoms with Crippen LogP contribution in [-0.4, -0.2) is 6.61 Å². The molecule has 0 saturated heterocycles. The van der Waals surface area contributed by atoms with Crippen LogP contribution in [0, 0.1) is 0 Å². The molecule has 0 saturated carbocycles. The lowest BCUT2D eigenvalue weighted by Gasteiger charge is -1.97. The summed E-state index contributed by atoms with van der Waals surface area (Å²) < 4.78 is 0. The SMILES string of the molecule is [O]CCc1ccccc1Cl. The molecular weight excluding hydrogens is 148 g/mol. The topological polar surface area (TPSA) is 19.9 Å². The van der Waals surface area contributed by atoms with E-state index < -0.39 is 0 Å². The second-order valence-electron chi connectivity index (χ2n) is 2.05. The van der Waals surface area contributed by atoms with Gasteiger partial charge in [-0.1, -0.05) is 29.8 Å². The van der Waals surface area contributed by atoms with Crippen LogP contribution in [-0.2, 0) is 11.5 Å². The molecule has 0 atom stereocenters. The molecule has 0 aliphatic heterocycles. The predicted molar refractivity (Wildman–Crippen MR) is 40.7 cm³/mol. The molecule has 0 N–H and O–H groups in total. The molecule has 0 unspecified atom stereocenters. The van der Waals surface area contributed by atoms with Crippen molar-refractivity contribution in [2.45, 2.75) is 6.42 Å². The van der Waals surface area contributed by atoms with Gasteiger partial charge < -0.3 is 0 Å². The largest absolute Gasteiger partial charge is 0.236 e. The van der Waals surface area contributed by atoms with Gasteiger partial charge in [-0.25, -0.2) is 5.11 Å². The molecule has 1 aromatic rings. The van der Waals surface area contributed by atoms with Gasteiger partial charge in [0.25, 0.3) is 0 Å². The van der Waals surface area contributed by atoms with Crippen molar-refractivity contribution in [3.05, 3.63) is 34.9 Å². The maximum absolute atomic E-state index is 10.2. The van der Waals surface area contributed by atoms with E-state index in [1.165, 1.54) is 0 Å². The molecule has 0 aliphatic rings. The van der Waals surface area contributed by atoms with Gasteiger partial charge in [-0.3, -0.25) is 0 Å². The highest BCUT2D eigenvalue weighted by atomic mass is 35.5. The summed E-state index contributed by atoms with van der Waals surface area (Å²) in [6.07, 6.45) is 0.527. The van der Waals surface area contributed by atoms with Crippen LogP contribution in [0.5, 0.6) is 0 Å². The van der Waals surface area contributed by atoms with Crippen LogP contribution in [0.1, 0.15) is 5.56 Å². The predicted octanol–water partition coefficient (Wildman–Crippen LogP) is 2.31. The van der Waals surface area contributed by atoms with Crippen LogP contribution in [0.15, 0.2) is 24.3 Å². The average Bonchev–Trinajstić information content (AvgIpc) is 1.94. The van der Waals surface area contributed by atoms with Crippen LogP contribution in [0.4, 0.5) is 0 Å². The van der Waals surface area contributed by atoms with E-state index in [0.29, 0.717) is 11.4 Å². The number of rotatable bonds is 2. The normalized spacial score (nSPS) is 9.80. The van der Waals surface area contributed by atoms with E-state index >= 15 is 0 Å². The molecule has 53 valence electrons. The number of benzene rings is 1. The molecule has 1 nitrogen and oxygen atoms in total. The fourth-order valence-corrected chi connectivity index (χ4v) is 1.04. The molecule has 0 heterocycles. The quantitative estimate of drug-likeness (QED) is 0.625. The lowest BCUT2D eigenvalue weighted by atomic mass is 10.2. The van der Waals surface area contributed by atoms with Gasteiger partial charge in [-0.2, -0.15) is 0 Å². The second kappa shape index (κ2) is 3.59. The van der Waals surface area contributed by atoms with Gasteiger partial charge in [0.1, 0.15) is 0 Å². The highest BCUT2D eigenvalue weighted by molar-refractivity contribution is 6.31. The third-order valence-corrected chi connectivity index (χ3v) is 1.70. The summed E-state index contributed by atoms with van der Waals surface area (Å²) in [6, 6.07) is 7.42. The molecule has 2 heteroatoms. The molecule has 0 aliphatic carbocycles. The Morgan fingerprint density at radius 2 is 2.00 bits per heavy atom.